The highest BCUT2D eigenvalue weighted by Gasteiger charge is 2.20. The Labute approximate surface area is 152 Å². The lowest BCUT2D eigenvalue weighted by Crippen LogP contribution is -2.44. The van der Waals surface area contributed by atoms with Crippen LogP contribution < -0.4 is 15.4 Å². The van der Waals surface area contributed by atoms with Gasteiger partial charge in [0, 0.05) is 33.2 Å². The summed E-state index contributed by atoms with van der Waals surface area (Å²) in [5.41, 5.74) is 1.18. The largest absolute Gasteiger partial charge is 0.497 e. The number of hydrogen-bond donors (Lipinski definition) is 2. The fraction of sp³-hybridized carbons (Fsp3) is 0.650. The van der Waals surface area contributed by atoms with E-state index in [1.807, 2.05) is 25.2 Å². The van der Waals surface area contributed by atoms with Gasteiger partial charge in [-0.05, 0) is 48.9 Å². The van der Waals surface area contributed by atoms with E-state index < -0.39 is 0 Å². The van der Waals surface area contributed by atoms with Gasteiger partial charge < -0.3 is 20.3 Å². The number of rotatable bonds is 7. The van der Waals surface area contributed by atoms with E-state index in [1.165, 1.54) is 38.0 Å². The molecule has 1 aliphatic rings. The van der Waals surface area contributed by atoms with Gasteiger partial charge in [-0.1, -0.05) is 26.0 Å². The molecule has 1 aromatic rings. The van der Waals surface area contributed by atoms with Gasteiger partial charge in [0.2, 0.25) is 0 Å². The molecule has 25 heavy (non-hydrogen) atoms. The predicted octanol–water partition coefficient (Wildman–Crippen LogP) is 2.73. The summed E-state index contributed by atoms with van der Waals surface area (Å²) in [4.78, 5) is 6.95. The Morgan fingerprint density at radius 2 is 2.20 bits per heavy atom. The number of nitrogens with one attached hydrogen (secondary N) is 2. The first-order valence-electron chi connectivity index (χ1n) is 9.40. The molecule has 5 nitrogen and oxygen atoms in total. The van der Waals surface area contributed by atoms with Crippen molar-refractivity contribution in [1.29, 1.82) is 0 Å². The third-order valence-electron chi connectivity index (χ3n) is 4.60. The first kappa shape index (κ1) is 19.6. The summed E-state index contributed by atoms with van der Waals surface area (Å²) < 4.78 is 5.27. The van der Waals surface area contributed by atoms with E-state index in [1.54, 1.807) is 7.11 Å². The first-order chi connectivity index (χ1) is 12.1. The summed E-state index contributed by atoms with van der Waals surface area (Å²) in [6.07, 6.45) is 2.60. The Morgan fingerprint density at radius 3 is 2.92 bits per heavy atom. The number of ether oxygens (including phenoxy) is 1. The van der Waals surface area contributed by atoms with Gasteiger partial charge in [0.1, 0.15) is 5.75 Å². The van der Waals surface area contributed by atoms with Crippen molar-refractivity contribution < 1.29 is 4.74 Å². The normalized spacial score (nSPS) is 19.1. The lowest BCUT2D eigenvalue weighted by atomic mass is 9.97. The van der Waals surface area contributed by atoms with Crippen molar-refractivity contribution in [2.45, 2.75) is 33.2 Å². The molecule has 0 spiro atoms. The standard InChI is InChI=1S/C20H34N4O/c1-16(2)14-24-10-6-8-18(15-24)13-23-20(21-3)22-12-17-7-5-9-19(11-17)25-4/h5,7,9,11,16,18H,6,8,10,12-15H2,1-4H3,(H2,21,22,23). The number of nitrogens with zero attached hydrogens (tertiary/aromatic N) is 2. The van der Waals surface area contributed by atoms with Crippen molar-refractivity contribution in [1.82, 2.24) is 15.5 Å². The van der Waals surface area contributed by atoms with Crippen LogP contribution in [0.3, 0.4) is 0 Å². The number of piperidine rings is 1. The fourth-order valence-electron chi connectivity index (χ4n) is 3.43. The summed E-state index contributed by atoms with van der Waals surface area (Å²) in [6.45, 7) is 9.96. The van der Waals surface area contributed by atoms with Gasteiger partial charge in [-0.2, -0.15) is 0 Å². The van der Waals surface area contributed by atoms with Gasteiger partial charge in [-0.15, -0.1) is 0 Å². The quantitative estimate of drug-likeness (QED) is 0.589. The van der Waals surface area contributed by atoms with E-state index in [0.29, 0.717) is 5.92 Å². The second-order valence-corrected chi connectivity index (χ2v) is 7.32. The monoisotopic (exact) mass is 346 g/mol. The van der Waals surface area contributed by atoms with Gasteiger partial charge in [0.25, 0.3) is 0 Å². The van der Waals surface area contributed by atoms with Gasteiger partial charge in [0.05, 0.1) is 7.11 Å². The minimum absolute atomic E-state index is 0.697. The number of likely N-dealkylation sites (tertiary alicyclic amines) is 1. The summed E-state index contributed by atoms with van der Waals surface area (Å²) in [5, 5.41) is 6.88. The van der Waals surface area contributed by atoms with E-state index in [4.69, 9.17) is 4.74 Å². The lowest BCUT2D eigenvalue weighted by molar-refractivity contribution is 0.159. The van der Waals surface area contributed by atoms with Gasteiger partial charge in [0.15, 0.2) is 5.96 Å². The Bertz CT molecular complexity index is 544. The number of benzene rings is 1. The highest BCUT2D eigenvalue weighted by atomic mass is 16.5. The molecule has 0 saturated carbocycles. The zero-order valence-corrected chi connectivity index (χ0v) is 16.2. The molecule has 2 rings (SSSR count). The minimum atomic E-state index is 0.697. The molecule has 1 unspecified atom stereocenters. The first-order valence-corrected chi connectivity index (χ1v) is 9.40. The summed E-state index contributed by atoms with van der Waals surface area (Å²) in [7, 11) is 3.52. The van der Waals surface area contributed by atoms with Crippen LogP contribution in [0.5, 0.6) is 5.75 Å². The maximum Gasteiger partial charge on any atom is 0.191 e. The molecule has 1 fully saturated rings. The zero-order chi connectivity index (χ0) is 18.1. The maximum atomic E-state index is 5.27. The van der Waals surface area contributed by atoms with Gasteiger partial charge in [-0.25, -0.2) is 0 Å². The van der Waals surface area contributed by atoms with Crippen LogP contribution in [0, 0.1) is 11.8 Å². The maximum absolute atomic E-state index is 5.27. The number of guanidine groups is 1. The highest BCUT2D eigenvalue weighted by molar-refractivity contribution is 5.79. The van der Waals surface area contributed by atoms with Crippen LogP contribution in [0.2, 0.25) is 0 Å². The van der Waals surface area contributed by atoms with E-state index in [-0.39, 0.29) is 0 Å². The highest BCUT2D eigenvalue weighted by Crippen LogP contribution is 2.17. The van der Waals surface area contributed by atoms with Gasteiger partial charge >= 0.3 is 0 Å². The van der Waals surface area contributed by atoms with E-state index in [0.717, 1.165) is 30.7 Å². The Morgan fingerprint density at radius 1 is 1.36 bits per heavy atom. The van der Waals surface area contributed by atoms with Crippen molar-refractivity contribution in [3.05, 3.63) is 29.8 Å². The van der Waals surface area contributed by atoms with Crippen LogP contribution in [0.25, 0.3) is 0 Å². The Hall–Kier alpha value is -1.75. The van der Waals surface area contributed by atoms with E-state index >= 15 is 0 Å². The average molecular weight is 347 g/mol. The lowest BCUT2D eigenvalue weighted by Gasteiger charge is -2.34. The average Bonchev–Trinajstić information content (AvgIpc) is 2.62. The molecule has 2 N–H and O–H groups in total. The Balaban J connectivity index is 1.76. The molecule has 0 aromatic heterocycles. The van der Waals surface area contributed by atoms with Crippen LogP contribution in [0.15, 0.2) is 29.3 Å². The number of aliphatic imine (C=N–C) groups is 1. The molecule has 1 heterocycles. The molecule has 1 saturated heterocycles. The summed E-state index contributed by atoms with van der Waals surface area (Å²) in [6, 6.07) is 8.11. The second kappa shape index (κ2) is 10.3. The second-order valence-electron chi connectivity index (χ2n) is 7.32. The third-order valence-corrected chi connectivity index (χ3v) is 4.60. The van der Waals surface area contributed by atoms with Crippen LogP contribution in [-0.4, -0.2) is 51.2 Å². The van der Waals surface area contributed by atoms with Crippen molar-refractivity contribution in [2.24, 2.45) is 16.8 Å². The molecule has 1 aromatic carbocycles. The Kier molecular flexibility index (Phi) is 8.06. The molecule has 1 atom stereocenters. The summed E-state index contributed by atoms with van der Waals surface area (Å²) in [5.74, 6) is 3.19. The van der Waals surface area contributed by atoms with Crippen molar-refractivity contribution in [3.63, 3.8) is 0 Å². The molecule has 0 amide bonds. The van der Waals surface area contributed by atoms with E-state index in [2.05, 4.69) is 40.4 Å². The molecule has 0 radical (unpaired) electrons. The van der Waals surface area contributed by atoms with Crippen molar-refractivity contribution >= 4 is 5.96 Å². The zero-order valence-electron chi connectivity index (χ0n) is 16.2. The SMILES string of the molecule is CN=C(NCc1cccc(OC)c1)NCC1CCCN(CC(C)C)C1. The van der Waals surface area contributed by atoms with Crippen molar-refractivity contribution in [3.8, 4) is 5.75 Å². The smallest absolute Gasteiger partial charge is 0.191 e. The molecule has 0 bridgehead atoms. The molecule has 1 aliphatic heterocycles. The van der Waals surface area contributed by atoms with Crippen LogP contribution >= 0.6 is 0 Å². The van der Waals surface area contributed by atoms with Crippen LogP contribution in [0.4, 0.5) is 0 Å². The molecular formula is C20H34N4O. The molecule has 5 heteroatoms. The van der Waals surface area contributed by atoms with Crippen molar-refractivity contribution in [2.75, 3.05) is 40.3 Å². The number of hydrogen-bond acceptors (Lipinski definition) is 3. The van der Waals surface area contributed by atoms with Crippen LogP contribution in [0.1, 0.15) is 32.3 Å². The number of methoxy groups -OCH3 is 1. The third kappa shape index (κ3) is 6.94. The molecular weight excluding hydrogens is 312 g/mol. The van der Waals surface area contributed by atoms with Crippen LogP contribution in [-0.2, 0) is 6.54 Å². The topological polar surface area (TPSA) is 48.9 Å². The predicted molar refractivity (Wildman–Crippen MR) is 105 cm³/mol. The summed E-state index contributed by atoms with van der Waals surface area (Å²) >= 11 is 0. The van der Waals surface area contributed by atoms with E-state index in [9.17, 15) is 0 Å². The molecule has 140 valence electrons. The fourth-order valence-corrected chi connectivity index (χ4v) is 3.43. The minimum Gasteiger partial charge on any atom is -0.497 e. The van der Waals surface area contributed by atoms with Gasteiger partial charge in [-0.3, -0.25) is 4.99 Å². The molecule has 0 aliphatic carbocycles.